The average molecular weight is 235 g/mol. The Kier molecular flexibility index (Phi) is 3.93. The van der Waals surface area contributed by atoms with Gasteiger partial charge in [0.05, 0.1) is 0 Å². The lowest BCUT2D eigenvalue weighted by atomic mass is 10.1. The Morgan fingerprint density at radius 1 is 1.38 bits per heavy atom. The van der Waals surface area contributed by atoms with E-state index in [4.69, 9.17) is 5.73 Å². The molecule has 0 aliphatic heterocycles. The van der Waals surface area contributed by atoms with E-state index in [0.29, 0.717) is 5.25 Å². The summed E-state index contributed by atoms with van der Waals surface area (Å²) >= 11 is 2.05. The number of rotatable bonds is 4. The number of thioether (sulfide) groups is 1. The average Bonchev–Trinajstić information content (AvgIpc) is 2.56. The van der Waals surface area contributed by atoms with Crippen LogP contribution < -0.4 is 5.73 Å². The highest BCUT2D eigenvalue weighted by Crippen LogP contribution is 2.37. The first-order valence-electron chi connectivity index (χ1n) is 6.13. The quantitative estimate of drug-likeness (QED) is 0.865. The third-order valence-corrected chi connectivity index (χ3v) is 4.62. The van der Waals surface area contributed by atoms with Crippen LogP contribution in [0.3, 0.4) is 0 Å². The van der Waals surface area contributed by atoms with Gasteiger partial charge in [-0.15, -0.1) is 0 Å². The van der Waals surface area contributed by atoms with Crippen molar-refractivity contribution in [2.75, 3.05) is 5.75 Å². The minimum atomic E-state index is 0.244. The van der Waals surface area contributed by atoms with Crippen LogP contribution in [0.15, 0.2) is 24.3 Å². The van der Waals surface area contributed by atoms with E-state index in [2.05, 4.69) is 49.9 Å². The standard InChI is InChI=1S/C14H21NS/c1-10(2)7-8-16-13-9-11-5-3-4-6-12(11)14(13)15/h3-6,10,13-14H,7-9,15H2,1-2H3. The Labute approximate surface area is 103 Å². The Balaban J connectivity index is 1.92. The molecule has 1 aliphatic carbocycles. The first-order valence-corrected chi connectivity index (χ1v) is 7.18. The van der Waals surface area contributed by atoms with Crippen molar-refractivity contribution in [1.29, 1.82) is 0 Å². The molecule has 0 amide bonds. The second-order valence-electron chi connectivity index (χ2n) is 5.02. The minimum Gasteiger partial charge on any atom is -0.323 e. The molecule has 88 valence electrons. The number of fused-ring (bicyclic) bond motifs is 1. The minimum absolute atomic E-state index is 0.244. The fourth-order valence-electron chi connectivity index (χ4n) is 2.21. The fourth-order valence-corrected chi connectivity index (χ4v) is 3.77. The van der Waals surface area contributed by atoms with Gasteiger partial charge in [-0.3, -0.25) is 0 Å². The first kappa shape index (κ1) is 12.0. The zero-order valence-electron chi connectivity index (χ0n) is 10.1. The molecule has 0 radical (unpaired) electrons. The third kappa shape index (κ3) is 2.61. The molecule has 2 heteroatoms. The van der Waals surface area contributed by atoms with Crippen molar-refractivity contribution in [2.45, 2.75) is 38.0 Å². The molecule has 0 saturated heterocycles. The highest BCUT2D eigenvalue weighted by Gasteiger charge is 2.29. The third-order valence-electron chi connectivity index (χ3n) is 3.26. The second-order valence-corrected chi connectivity index (χ2v) is 6.37. The monoisotopic (exact) mass is 235 g/mol. The van der Waals surface area contributed by atoms with E-state index in [1.54, 1.807) is 0 Å². The summed E-state index contributed by atoms with van der Waals surface area (Å²) in [6.45, 7) is 4.56. The van der Waals surface area contributed by atoms with E-state index >= 15 is 0 Å². The molecule has 2 N–H and O–H groups in total. The summed E-state index contributed by atoms with van der Waals surface area (Å²) in [5, 5.41) is 0.594. The number of hydrogen-bond donors (Lipinski definition) is 1. The molecule has 0 fully saturated rings. The number of benzene rings is 1. The van der Waals surface area contributed by atoms with Gasteiger partial charge < -0.3 is 5.73 Å². The molecule has 2 unspecified atom stereocenters. The molecule has 1 nitrogen and oxygen atoms in total. The number of nitrogens with two attached hydrogens (primary N) is 1. The van der Waals surface area contributed by atoms with Crippen molar-refractivity contribution in [2.24, 2.45) is 11.7 Å². The van der Waals surface area contributed by atoms with Gasteiger partial charge in [0, 0.05) is 11.3 Å². The van der Waals surface area contributed by atoms with E-state index in [1.165, 1.54) is 23.3 Å². The smallest absolute Gasteiger partial charge is 0.0421 e. The van der Waals surface area contributed by atoms with Gasteiger partial charge >= 0.3 is 0 Å². The maximum absolute atomic E-state index is 6.29. The van der Waals surface area contributed by atoms with Gasteiger partial charge in [0.2, 0.25) is 0 Å². The van der Waals surface area contributed by atoms with Crippen molar-refractivity contribution < 1.29 is 0 Å². The molecule has 0 bridgehead atoms. The Bertz CT molecular complexity index is 348. The van der Waals surface area contributed by atoms with E-state index in [1.807, 2.05) is 0 Å². The molecule has 1 aliphatic rings. The van der Waals surface area contributed by atoms with Crippen molar-refractivity contribution >= 4 is 11.8 Å². The summed E-state index contributed by atoms with van der Waals surface area (Å²) < 4.78 is 0. The van der Waals surface area contributed by atoms with Gasteiger partial charge in [0.25, 0.3) is 0 Å². The molecule has 0 aromatic heterocycles. The summed E-state index contributed by atoms with van der Waals surface area (Å²) in [6, 6.07) is 8.86. The Hall–Kier alpha value is -0.470. The largest absolute Gasteiger partial charge is 0.323 e. The predicted octanol–water partition coefficient (Wildman–Crippen LogP) is 3.39. The molecule has 1 aromatic rings. The van der Waals surface area contributed by atoms with Crippen LogP contribution in [0.2, 0.25) is 0 Å². The van der Waals surface area contributed by atoms with Gasteiger partial charge in [0.1, 0.15) is 0 Å². The van der Waals surface area contributed by atoms with Crippen molar-refractivity contribution in [3.05, 3.63) is 35.4 Å². The maximum Gasteiger partial charge on any atom is 0.0421 e. The van der Waals surface area contributed by atoms with E-state index in [0.717, 1.165) is 12.3 Å². The van der Waals surface area contributed by atoms with Crippen LogP contribution in [-0.2, 0) is 6.42 Å². The van der Waals surface area contributed by atoms with Crippen LogP contribution in [0.5, 0.6) is 0 Å². The van der Waals surface area contributed by atoms with Gasteiger partial charge in [-0.25, -0.2) is 0 Å². The van der Waals surface area contributed by atoms with Crippen molar-refractivity contribution in [1.82, 2.24) is 0 Å². The van der Waals surface area contributed by atoms with Gasteiger partial charge in [-0.05, 0) is 35.6 Å². The maximum atomic E-state index is 6.29. The molecular weight excluding hydrogens is 214 g/mol. The molecule has 0 heterocycles. The predicted molar refractivity (Wildman–Crippen MR) is 72.8 cm³/mol. The molecular formula is C14H21NS. The zero-order chi connectivity index (χ0) is 11.5. The van der Waals surface area contributed by atoms with Crippen LogP contribution in [0.25, 0.3) is 0 Å². The SMILES string of the molecule is CC(C)CCSC1Cc2ccccc2C1N. The van der Waals surface area contributed by atoms with Crippen LogP contribution in [0, 0.1) is 5.92 Å². The molecule has 2 atom stereocenters. The second kappa shape index (κ2) is 5.24. The lowest BCUT2D eigenvalue weighted by molar-refractivity contribution is 0.629. The van der Waals surface area contributed by atoms with Crippen LogP contribution >= 0.6 is 11.8 Å². The molecule has 1 aromatic carbocycles. The van der Waals surface area contributed by atoms with E-state index in [9.17, 15) is 0 Å². The highest BCUT2D eigenvalue weighted by molar-refractivity contribution is 7.99. The van der Waals surface area contributed by atoms with Crippen molar-refractivity contribution in [3.8, 4) is 0 Å². The fraction of sp³-hybridized carbons (Fsp3) is 0.571. The van der Waals surface area contributed by atoms with Gasteiger partial charge in [0.15, 0.2) is 0 Å². The van der Waals surface area contributed by atoms with Gasteiger partial charge in [-0.2, -0.15) is 11.8 Å². The molecule has 2 rings (SSSR count). The highest BCUT2D eigenvalue weighted by atomic mass is 32.2. The molecule has 16 heavy (non-hydrogen) atoms. The lowest BCUT2D eigenvalue weighted by Crippen LogP contribution is -2.19. The summed E-state index contributed by atoms with van der Waals surface area (Å²) in [5.74, 6) is 2.04. The Morgan fingerprint density at radius 2 is 2.12 bits per heavy atom. The first-order chi connectivity index (χ1) is 7.68. The zero-order valence-corrected chi connectivity index (χ0v) is 11.0. The summed E-state index contributed by atoms with van der Waals surface area (Å²) in [7, 11) is 0. The summed E-state index contributed by atoms with van der Waals surface area (Å²) in [4.78, 5) is 0. The normalized spacial score (nSPS) is 23.8. The lowest BCUT2D eigenvalue weighted by Gasteiger charge is -2.16. The van der Waals surface area contributed by atoms with E-state index in [-0.39, 0.29) is 6.04 Å². The molecule has 0 saturated carbocycles. The molecule has 0 spiro atoms. The number of hydrogen-bond acceptors (Lipinski definition) is 2. The summed E-state index contributed by atoms with van der Waals surface area (Å²) in [5.41, 5.74) is 9.11. The topological polar surface area (TPSA) is 26.0 Å². The van der Waals surface area contributed by atoms with E-state index < -0.39 is 0 Å². The van der Waals surface area contributed by atoms with Crippen LogP contribution in [0.4, 0.5) is 0 Å². The summed E-state index contributed by atoms with van der Waals surface area (Å²) in [6.07, 6.45) is 2.45. The van der Waals surface area contributed by atoms with Gasteiger partial charge in [-0.1, -0.05) is 38.1 Å². The van der Waals surface area contributed by atoms with Crippen LogP contribution in [0.1, 0.15) is 37.4 Å². The van der Waals surface area contributed by atoms with Crippen LogP contribution in [-0.4, -0.2) is 11.0 Å². The van der Waals surface area contributed by atoms with Crippen molar-refractivity contribution in [3.63, 3.8) is 0 Å². The Morgan fingerprint density at radius 3 is 2.81 bits per heavy atom.